The van der Waals surface area contributed by atoms with E-state index < -0.39 is 0 Å². The van der Waals surface area contributed by atoms with E-state index in [1.54, 1.807) is 36.0 Å². The SMILES string of the molecule is CC(=O)c1cccc(NC(=O)c2cnn(C)c2C)c1. The smallest absolute Gasteiger partial charge is 0.259 e. The molecule has 0 unspecified atom stereocenters. The van der Waals surface area contributed by atoms with Gasteiger partial charge in [0.25, 0.3) is 5.91 Å². The van der Waals surface area contributed by atoms with E-state index in [0.29, 0.717) is 16.8 Å². The molecule has 0 aliphatic heterocycles. The molecule has 0 bridgehead atoms. The zero-order valence-corrected chi connectivity index (χ0v) is 11.1. The number of benzene rings is 1. The minimum absolute atomic E-state index is 0.0337. The van der Waals surface area contributed by atoms with E-state index >= 15 is 0 Å². The third-order valence-corrected chi connectivity index (χ3v) is 3.01. The second-order valence-corrected chi connectivity index (χ2v) is 4.36. The Morgan fingerprint density at radius 2 is 2.05 bits per heavy atom. The van der Waals surface area contributed by atoms with E-state index in [1.165, 1.54) is 13.1 Å². The summed E-state index contributed by atoms with van der Waals surface area (Å²) >= 11 is 0. The number of hydrogen-bond donors (Lipinski definition) is 1. The third-order valence-electron chi connectivity index (χ3n) is 3.01. The minimum Gasteiger partial charge on any atom is -0.322 e. The Hall–Kier alpha value is -2.43. The summed E-state index contributed by atoms with van der Waals surface area (Å²) in [6, 6.07) is 6.86. The van der Waals surface area contributed by atoms with Crippen LogP contribution in [0.4, 0.5) is 5.69 Å². The monoisotopic (exact) mass is 257 g/mol. The van der Waals surface area contributed by atoms with E-state index in [4.69, 9.17) is 0 Å². The van der Waals surface area contributed by atoms with Gasteiger partial charge in [-0.05, 0) is 26.0 Å². The second-order valence-electron chi connectivity index (χ2n) is 4.36. The zero-order valence-electron chi connectivity index (χ0n) is 11.1. The van der Waals surface area contributed by atoms with Crippen molar-refractivity contribution >= 4 is 17.4 Å². The van der Waals surface area contributed by atoms with Crippen molar-refractivity contribution in [3.05, 3.63) is 47.3 Å². The third kappa shape index (κ3) is 2.70. The van der Waals surface area contributed by atoms with Crippen LogP contribution in [0, 0.1) is 6.92 Å². The van der Waals surface area contributed by atoms with Crippen LogP contribution in [0.25, 0.3) is 0 Å². The summed E-state index contributed by atoms with van der Waals surface area (Å²) in [7, 11) is 1.78. The molecule has 5 nitrogen and oxygen atoms in total. The van der Waals surface area contributed by atoms with Gasteiger partial charge in [-0.15, -0.1) is 0 Å². The number of carbonyl (C=O) groups is 2. The molecule has 1 amide bonds. The van der Waals surface area contributed by atoms with Crippen molar-refractivity contribution in [1.82, 2.24) is 9.78 Å². The minimum atomic E-state index is -0.230. The first-order chi connectivity index (χ1) is 8.99. The number of aryl methyl sites for hydroxylation is 1. The molecule has 0 atom stereocenters. The molecule has 0 saturated carbocycles. The molecule has 0 spiro atoms. The fourth-order valence-corrected chi connectivity index (χ4v) is 1.74. The van der Waals surface area contributed by atoms with E-state index in [1.807, 2.05) is 6.92 Å². The molecule has 1 heterocycles. The number of Topliss-reactive ketones (excluding diaryl/α,β-unsaturated/α-hetero) is 1. The van der Waals surface area contributed by atoms with Gasteiger partial charge in [0, 0.05) is 24.0 Å². The standard InChI is InChI=1S/C14H15N3O2/c1-9-13(8-15-17(9)3)14(19)16-12-6-4-5-11(7-12)10(2)18/h4-8H,1-3H3,(H,16,19). The van der Waals surface area contributed by atoms with E-state index in [9.17, 15) is 9.59 Å². The highest BCUT2D eigenvalue weighted by molar-refractivity contribution is 6.05. The average Bonchev–Trinajstić information content (AvgIpc) is 2.70. The van der Waals surface area contributed by atoms with Crippen LogP contribution in [-0.4, -0.2) is 21.5 Å². The molecule has 0 radical (unpaired) electrons. The predicted molar refractivity (Wildman–Crippen MR) is 72.3 cm³/mol. The van der Waals surface area contributed by atoms with Gasteiger partial charge in [-0.2, -0.15) is 5.10 Å². The van der Waals surface area contributed by atoms with Gasteiger partial charge in [0.1, 0.15) is 0 Å². The molecule has 2 rings (SSSR count). The van der Waals surface area contributed by atoms with Crippen molar-refractivity contribution in [1.29, 1.82) is 0 Å². The molecular formula is C14H15N3O2. The van der Waals surface area contributed by atoms with Crippen LogP contribution in [-0.2, 0) is 7.05 Å². The predicted octanol–water partition coefficient (Wildman–Crippen LogP) is 2.18. The lowest BCUT2D eigenvalue weighted by atomic mass is 10.1. The first kappa shape index (κ1) is 13.0. The number of rotatable bonds is 3. The zero-order chi connectivity index (χ0) is 14.0. The van der Waals surface area contributed by atoms with Crippen LogP contribution in [0.15, 0.2) is 30.5 Å². The van der Waals surface area contributed by atoms with Gasteiger partial charge in [0.05, 0.1) is 11.8 Å². The number of amides is 1. The first-order valence-corrected chi connectivity index (χ1v) is 5.90. The van der Waals surface area contributed by atoms with Crippen LogP contribution < -0.4 is 5.32 Å². The summed E-state index contributed by atoms with van der Waals surface area (Å²) in [4.78, 5) is 23.4. The van der Waals surface area contributed by atoms with Crippen LogP contribution in [0.1, 0.15) is 33.3 Å². The van der Waals surface area contributed by atoms with Crippen molar-refractivity contribution < 1.29 is 9.59 Å². The highest BCUT2D eigenvalue weighted by Crippen LogP contribution is 2.14. The lowest BCUT2D eigenvalue weighted by molar-refractivity contribution is 0.101. The van der Waals surface area contributed by atoms with Gasteiger partial charge in [-0.3, -0.25) is 14.3 Å². The van der Waals surface area contributed by atoms with Crippen molar-refractivity contribution in [2.24, 2.45) is 7.05 Å². The van der Waals surface area contributed by atoms with Crippen molar-refractivity contribution in [2.45, 2.75) is 13.8 Å². The summed E-state index contributed by atoms with van der Waals surface area (Å²) in [5.41, 5.74) is 2.48. The largest absolute Gasteiger partial charge is 0.322 e. The molecule has 0 aliphatic rings. The maximum atomic E-state index is 12.1. The molecule has 0 fully saturated rings. The Morgan fingerprint density at radius 3 is 2.63 bits per heavy atom. The molecule has 19 heavy (non-hydrogen) atoms. The molecule has 1 N–H and O–H groups in total. The summed E-state index contributed by atoms with van der Waals surface area (Å²) in [6.07, 6.45) is 1.53. The molecule has 5 heteroatoms. The Bertz CT molecular complexity index is 644. The first-order valence-electron chi connectivity index (χ1n) is 5.90. The highest BCUT2D eigenvalue weighted by atomic mass is 16.1. The van der Waals surface area contributed by atoms with Crippen molar-refractivity contribution in [3.63, 3.8) is 0 Å². The highest BCUT2D eigenvalue weighted by Gasteiger charge is 2.13. The van der Waals surface area contributed by atoms with E-state index in [0.717, 1.165) is 5.69 Å². The van der Waals surface area contributed by atoms with Crippen LogP contribution >= 0.6 is 0 Å². The molecule has 1 aromatic carbocycles. The van der Waals surface area contributed by atoms with Crippen LogP contribution in [0.5, 0.6) is 0 Å². The topological polar surface area (TPSA) is 64.0 Å². The number of nitrogens with zero attached hydrogens (tertiary/aromatic N) is 2. The van der Waals surface area contributed by atoms with Gasteiger partial charge in [0.15, 0.2) is 5.78 Å². The van der Waals surface area contributed by atoms with Gasteiger partial charge < -0.3 is 5.32 Å². The van der Waals surface area contributed by atoms with Crippen LogP contribution in [0.2, 0.25) is 0 Å². The van der Waals surface area contributed by atoms with Crippen molar-refractivity contribution in [2.75, 3.05) is 5.32 Å². The molecule has 0 saturated heterocycles. The van der Waals surface area contributed by atoms with Gasteiger partial charge >= 0.3 is 0 Å². The fourth-order valence-electron chi connectivity index (χ4n) is 1.74. The number of nitrogens with one attached hydrogen (secondary N) is 1. The number of aromatic nitrogens is 2. The van der Waals surface area contributed by atoms with Gasteiger partial charge in [-0.25, -0.2) is 0 Å². The molecule has 1 aromatic heterocycles. The Labute approximate surface area is 111 Å². The average molecular weight is 257 g/mol. The maximum absolute atomic E-state index is 12.1. The van der Waals surface area contributed by atoms with Gasteiger partial charge in [-0.1, -0.05) is 12.1 Å². The Kier molecular flexibility index (Phi) is 3.46. The van der Waals surface area contributed by atoms with Crippen LogP contribution in [0.3, 0.4) is 0 Å². The Morgan fingerprint density at radius 1 is 1.32 bits per heavy atom. The molecule has 2 aromatic rings. The fraction of sp³-hybridized carbons (Fsp3) is 0.214. The quantitative estimate of drug-likeness (QED) is 0.857. The summed E-state index contributed by atoms with van der Waals surface area (Å²) < 4.78 is 1.64. The second kappa shape index (κ2) is 5.06. The normalized spacial score (nSPS) is 10.3. The Balaban J connectivity index is 2.22. The summed E-state index contributed by atoms with van der Waals surface area (Å²) in [5.74, 6) is -0.264. The number of hydrogen-bond acceptors (Lipinski definition) is 3. The lowest BCUT2D eigenvalue weighted by Gasteiger charge is -2.06. The van der Waals surface area contributed by atoms with Gasteiger partial charge in [0.2, 0.25) is 0 Å². The van der Waals surface area contributed by atoms with Crippen molar-refractivity contribution in [3.8, 4) is 0 Å². The summed E-state index contributed by atoms with van der Waals surface area (Å²) in [5, 5.41) is 6.79. The molecule has 98 valence electrons. The molecular weight excluding hydrogens is 242 g/mol. The van der Waals surface area contributed by atoms with E-state index in [2.05, 4.69) is 10.4 Å². The maximum Gasteiger partial charge on any atom is 0.259 e. The number of ketones is 1. The molecule has 0 aliphatic carbocycles. The number of anilines is 1. The number of carbonyl (C=O) groups excluding carboxylic acids is 2. The van der Waals surface area contributed by atoms with E-state index in [-0.39, 0.29) is 11.7 Å². The lowest BCUT2D eigenvalue weighted by Crippen LogP contribution is -2.13. The summed E-state index contributed by atoms with van der Waals surface area (Å²) in [6.45, 7) is 3.32.